The lowest BCUT2D eigenvalue weighted by molar-refractivity contribution is 0.921. The number of pyridine rings is 1. The van der Waals surface area contributed by atoms with Crippen molar-refractivity contribution >= 4 is 29.0 Å². The van der Waals surface area contributed by atoms with Crippen molar-refractivity contribution in [2.75, 3.05) is 0 Å². The smallest absolute Gasteiger partial charge is 0.200 e. The highest BCUT2D eigenvalue weighted by atomic mass is 35.5. The van der Waals surface area contributed by atoms with Crippen LogP contribution in [-0.4, -0.2) is 14.6 Å². The van der Waals surface area contributed by atoms with Gasteiger partial charge in [0.25, 0.3) is 0 Å². The Morgan fingerprint density at radius 3 is 2.89 bits per heavy atom. The number of benzene rings is 1. The maximum absolute atomic E-state index is 6.24. The number of rotatable bonds is 3. The van der Waals surface area contributed by atoms with E-state index < -0.39 is 0 Å². The second-order valence-electron chi connectivity index (χ2n) is 3.98. The Morgan fingerprint density at radius 1 is 1.21 bits per heavy atom. The molecule has 6 heteroatoms. The van der Waals surface area contributed by atoms with Gasteiger partial charge in [-0.3, -0.25) is 4.40 Å². The van der Waals surface area contributed by atoms with Gasteiger partial charge < -0.3 is 5.73 Å². The molecule has 0 saturated carbocycles. The lowest BCUT2D eigenvalue weighted by Crippen LogP contribution is -1.95. The van der Waals surface area contributed by atoms with E-state index in [1.54, 1.807) is 0 Å². The summed E-state index contributed by atoms with van der Waals surface area (Å²) in [6.07, 6.45) is 1.93. The van der Waals surface area contributed by atoms with Gasteiger partial charge >= 0.3 is 0 Å². The number of nitrogens with two attached hydrogens (primary N) is 1. The van der Waals surface area contributed by atoms with Gasteiger partial charge in [-0.25, -0.2) is 0 Å². The molecule has 3 rings (SSSR count). The summed E-state index contributed by atoms with van der Waals surface area (Å²) in [5.41, 5.74) is 7.42. The maximum Gasteiger partial charge on any atom is 0.200 e. The van der Waals surface area contributed by atoms with E-state index in [2.05, 4.69) is 10.2 Å². The first-order chi connectivity index (χ1) is 9.28. The summed E-state index contributed by atoms with van der Waals surface area (Å²) in [7, 11) is 0. The average Bonchev–Trinajstić information content (AvgIpc) is 2.84. The van der Waals surface area contributed by atoms with E-state index in [9.17, 15) is 0 Å². The zero-order valence-electron chi connectivity index (χ0n) is 9.95. The lowest BCUT2D eigenvalue weighted by Gasteiger charge is -2.04. The zero-order valence-corrected chi connectivity index (χ0v) is 11.5. The summed E-state index contributed by atoms with van der Waals surface area (Å²) < 4.78 is 1.93. The third kappa shape index (κ3) is 2.45. The monoisotopic (exact) mass is 290 g/mol. The van der Waals surface area contributed by atoms with E-state index >= 15 is 0 Å². The van der Waals surface area contributed by atoms with Gasteiger partial charge in [0.1, 0.15) is 0 Å². The van der Waals surface area contributed by atoms with Crippen LogP contribution in [0.3, 0.4) is 0 Å². The first-order valence-corrected chi connectivity index (χ1v) is 6.93. The summed E-state index contributed by atoms with van der Waals surface area (Å²) in [4.78, 5) is 0.942. The van der Waals surface area contributed by atoms with Gasteiger partial charge in [0.2, 0.25) is 0 Å². The summed E-state index contributed by atoms with van der Waals surface area (Å²) in [6.45, 7) is 0.485. The second kappa shape index (κ2) is 5.21. The van der Waals surface area contributed by atoms with Gasteiger partial charge in [0, 0.05) is 17.6 Å². The molecule has 0 bridgehead atoms. The molecule has 96 valence electrons. The Morgan fingerprint density at radius 2 is 2.11 bits per heavy atom. The van der Waals surface area contributed by atoms with Crippen LogP contribution >= 0.6 is 23.4 Å². The molecule has 0 radical (unpaired) electrons. The fourth-order valence-corrected chi connectivity index (χ4v) is 2.88. The van der Waals surface area contributed by atoms with Gasteiger partial charge in [0.15, 0.2) is 10.8 Å². The van der Waals surface area contributed by atoms with E-state index in [4.69, 9.17) is 17.3 Å². The van der Waals surface area contributed by atoms with Gasteiger partial charge in [-0.15, -0.1) is 10.2 Å². The van der Waals surface area contributed by atoms with Crippen LogP contribution in [0, 0.1) is 0 Å². The second-order valence-corrected chi connectivity index (χ2v) is 5.40. The molecule has 1 aromatic carbocycles. The molecule has 4 nitrogen and oxygen atoms in total. The van der Waals surface area contributed by atoms with Crippen molar-refractivity contribution in [1.29, 1.82) is 0 Å². The average molecular weight is 291 g/mol. The first-order valence-electron chi connectivity index (χ1n) is 5.74. The Bertz CT molecular complexity index is 725. The highest BCUT2D eigenvalue weighted by Gasteiger charge is 2.09. The molecular formula is C13H11ClN4S. The highest BCUT2D eigenvalue weighted by Crippen LogP contribution is 2.32. The molecular weight excluding hydrogens is 280 g/mol. The molecule has 2 heterocycles. The van der Waals surface area contributed by atoms with Crippen molar-refractivity contribution in [3.05, 3.63) is 53.2 Å². The number of aromatic nitrogens is 3. The predicted octanol–water partition coefficient (Wildman–Crippen LogP) is 2.99. The number of hydrogen-bond donors (Lipinski definition) is 1. The van der Waals surface area contributed by atoms with Crippen LogP contribution in [0.25, 0.3) is 5.65 Å². The Balaban J connectivity index is 1.97. The Hall–Kier alpha value is -1.56. The molecule has 2 N–H and O–H groups in total. The maximum atomic E-state index is 6.24. The fraction of sp³-hybridized carbons (Fsp3) is 0.0769. The van der Waals surface area contributed by atoms with Crippen molar-refractivity contribution in [2.24, 2.45) is 5.73 Å². The summed E-state index contributed by atoms with van der Waals surface area (Å²) >= 11 is 7.73. The van der Waals surface area contributed by atoms with E-state index in [1.807, 2.05) is 47.0 Å². The van der Waals surface area contributed by atoms with Crippen LogP contribution in [-0.2, 0) is 6.54 Å². The van der Waals surface area contributed by atoms with Crippen LogP contribution in [0.5, 0.6) is 0 Å². The third-order valence-electron chi connectivity index (χ3n) is 2.72. The molecule has 0 saturated heterocycles. The number of halogens is 1. The molecule has 0 aliphatic carbocycles. The lowest BCUT2D eigenvalue weighted by atomic mass is 10.2. The summed E-state index contributed by atoms with van der Waals surface area (Å²) in [6, 6.07) is 11.6. The quantitative estimate of drug-likeness (QED) is 0.806. The molecule has 0 amide bonds. The van der Waals surface area contributed by atoms with Crippen molar-refractivity contribution in [2.45, 2.75) is 16.6 Å². The number of fused-ring (bicyclic) bond motifs is 1. The van der Waals surface area contributed by atoms with E-state index in [0.29, 0.717) is 11.6 Å². The van der Waals surface area contributed by atoms with E-state index in [0.717, 1.165) is 21.3 Å². The van der Waals surface area contributed by atoms with Gasteiger partial charge in [-0.05, 0) is 41.6 Å². The predicted molar refractivity (Wildman–Crippen MR) is 76.5 cm³/mol. The Labute approximate surface area is 119 Å². The van der Waals surface area contributed by atoms with Crippen molar-refractivity contribution in [1.82, 2.24) is 14.6 Å². The number of nitrogens with zero attached hydrogens (tertiary/aromatic N) is 3. The normalized spacial score (nSPS) is 11.1. The Kier molecular flexibility index (Phi) is 3.42. The molecule has 0 unspecified atom stereocenters. The van der Waals surface area contributed by atoms with Crippen molar-refractivity contribution < 1.29 is 0 Å². The van der Waals surface area contributed by atoms with Crippen LogP contribution in [0.4, 0.5) is 0 Å². The highest BCUT2D eigenvalue weighted by molar-refractivity contribution is 7.99. The topological polar surface area (TPSA) is 56.2 Å². The van der Waals surface area contributed by atoms with Crippen molar-refractivity contribution in [3.63, 3.8) is 0 Å². The van der Waals surface area contributed by atoms with Crippen molar-refractivity contribution in [3.8, 4) is 0 Å². The van der Waals surface area contributed by atoms with E-state index in [1.165, 1.54) is 11.8 Å². The van der Waals surface area contributed by atoms with Crippen LogP contribution in [0.2, 0.25) is 5.02 Å². The van der Waals surface area contributed by atoms with Gasteiger partial charge in [-0.2, -0.15) is 0 Å². The minimum atomic E-state index is 0.485. The van der Waals surface area contributed by atoms with Gasteiger partial charge in [0.05, 0.1) is 5.02 Å². The fourth-order valence-electron chi connectivity index (χ4n) is 1.74. The SMILES string of the molecule is NCc1ccc(Sc2nnc3ccccn23)c(Cl)c1. The summed E-state index contributed by atoms with van der Waals surface area (Å²) in [5, 5.41) is 9.75. The molecule has 3 aromatic rings. The molecule has 0 aliphatic heterocycles. The largest absolute Gasteiger partial charge is 0.326 e. The minimum Gasteiger partial charge on any atom is -0.326 e. The standard InChI is InChI=1S/C13H11ClN4S/c14-10-7-9(8-15)4-5-11(10)19-13-17-16-12-3-1-2-6-18(12)13/h1-7H,8,15H2. The minimum absolute atomic E-state index is 0.485. The molecule has 2 aromatic heterocycles. The van der Waals surface area contributed by atoms with Gasteiger partial charge in [-0.1, -0.05) is 23.7 Å². The molecule has 0 fully saturated rings. The van der Waals surface area contributed by atoms with E-state index in [-0.39, 0.29) is 0 Å². The third-order valence-corrected chi connectivity index (χ3v) is 4.18. The van der Waals surface area contributed by atoms with Crippen LogP contribution in [0.1, 0.15) is 5.56 Å². The molecule has 0 atom stereocenters. The number of hydrogen-bond acceptors (Lipinski definition) is 4. The first kappa shape index (κ1) is 12.5. The summed E-state index contributed by atoms with van der Waals surface area (Å²) in [5.74, 6) is 0. The van der Waals surface area contributed by atoms with Crippen LogP contribution in [0.15, 0.2) is 52.6 Å². The van der Waals surface area contributed by atoms with Crippen LogP contribution < -0.4 is 5.73 Å². The molecule has 0 aliphatic rings. The zero-order chi connectivity index (χ0) is 13.2. The molecule has 0 spiro atoms. The molecule has 19 heavy (non-hydrogen) atoms.